The highest BCUT2D eigenvalue weighted by molar-refractivity contribution is 6.33. The maximum atomic E-state index is 10.7. The van der Waals surface area contributed by atoms with Crippen molar-refractivity contribution >= 4 is 23.4 Å². The van der Waals surface area contributed by atoms with E-state index in [9.17, 15) is 4.79 Å². The molecule has 0 unspecified atom stereocenters. The van der Waals surface area contributed by atoms with E-state index < -0.39 is 5.97 Å². The van der Waals surface area contributed by atoms with E-state index in [-0.39, 0.29) is 11.1 Å². The van der Waals surface area contributed by atoms with E-state index >= 15 is 0 Å². The van der Waals surface area contributed by atoms with Crippen LogP contribution in [0.15, 0.2) is 12.3 Å². The van der Waals surface area contributed by atoms with Gasteiger partial charge in [-0.3, -0.25) is 0 Å². The quantitative estimate of drug-likeness (QED) is 0.852. The number of hydrogen-bond donors (Lipinski definition) is 2. The maximum Gasteiger partial charge on any atom is 0.337 e. The number of aromatic nitrogens is 1. The van der Waals surface area contributed by atoms with Crippen molar-refractivity contribution in [2.75, 3.05) is 5.32 Å². The molecule has 0 aliphatic carbocycles. The Morgan fingerprint density at radius 1 is 1.62 bits per heavy atom. The van der Waals surface area contributed by atoms with Gasteiger partial charge in [0, 0.05) is 11.7 Å². The predicted molar refractivity (Wildman–Crippen MR) is 64.2 cm³/mol. The van der Waals surface area contributed by atoms with Gasteiger partial charge in [0.1, 0.15) is 5.82 Å². The molecule has 2 N–H and O–H groups in total. The zero-order valence-electron chi connectivity index (χ0n) is 9.54. The van der Waals surface area contributed by atoms with Crippen molar-refractivity contribution < 1.29 is 9.90 Å². The molecule has 4 nitrogen and oxygen atoms in total. The molecule has 0 saturated heterocycles. The average molecular weight is 243 g/mol. The number of anilines is 1. The van der Waals surface area contributed by atoms with Crippen LogP contribution in [0.3, 0.4) is 0 Å². The molecule has 0 radical (unpaired) electrons. The van der Waals surface area contributed by atoms with Gasteiger partial charge >= 0.3 is 5.97 Å². The van der Waals surface area contributed by atoms with Gasteiger partial charge in [-0.2, -0.15) is 0 Å². The van der Waals surface area contributed by atoms with Gasteiger partial charge in [-0.25, -0.2) is 9.78 Å². The summed E-state index contributed by atoms with van der Waals surface area (Å²) in [6.45, 7) is 6.10. The zero-order valence-corrected chi connectivity index (χ0v) is 10.3. The molecule has 1 aromatic rings. The lowest BCUT2D eigenvalue weighted by atomic mass is 10.0. The third-order valence-corrected chi connectivity index (χ3v) is 2.72. The number of nitrogens with one attached hydrogen (secondary N) is 1. The van der Waals surface area contributed by atoms with Crippen LogP contribution in [0.2, 0.25) is 5.02 Å². The first-order valence-corrected chi connectivity index (χ1v) is 5.40. The van der Waals surface area contributed by atoms with E-state index in [1.807, 2.05) is 20.8 Å². The van der Waals surface area contributed by atoms with Gasteiger partial charge in [0.2, 0.25) is 0 Å². The maximum absolute atomic E-state index is 10.7. The molecule has 1 heterocycles. The van der Waals surface area contributed by atoms with Crippen LogP contribution in [0, 0.1) is 0 Å². The number of carboxylic acid groups (broad SMARTS) is 1. The lowest BCUT2D eigenvalue weighted by molar-refractivity contribution is 0.0696. The van der Waals surface area contributed by atoms with Crippen molar-refractivity contribution in [2.45, 2.75) is 32.7 Å². The molecule has 88 valence electrons. The Morgan fingerprint density at radius 2 is 2.25 bits per heavy atom. The third-order valence-electron chi connectivity index (χ3n) is 2.43. The summed E-state index contributed by atoms with van der Waals surface area (Å²) in [6.07, 6.45) is 2.20. The fraction of sp³-hybridized carbons (Fsp3) is 0.455. The Bertz CT molecular complexity index is 405. The molecule has 0 aromatic carbocycles. The standard InChI is InChI=1S/C11H15ClN2O2/c1-4-11(2,3)14-9-8(12)5-7(6-13-9)10(15)16/h5-6H,4H2,1-3H3,(H,13,14)(H,15,16). The largest absolute Gasteiger partial charge is 0.478 e. The molecule has 16 heavy (non-hydrogen) atoms. The molecule has 0 amide bonds. The van der Waals surface area contributed by atoms with Crippen LogP contribution in [-0.4, -0.2) is 21.6 Å². The molecule has 0 fully saturated rings. The number of aromatic carboxylic acids is 1. The second-order valence-electron chi connectivity index (χ2n) is 4.22. The van der Waals surface area contributed by atoms with Gasteiger partial charge in [-0.05, 0) is 26.3 Å². The summed E-state index contributed by atoms with van der Waals surface area (Å²) in [5, 5.41) is 12.2. The minimum absolute atomic E-state index is 0.0878. The number of nitrogens with zero attached hydrogens (tertiary/aromatic N) is 1. The molecule has 0 bridgehead atoms. The van der Waals surface area contributed by atoms with Crippen molar-refractivity contribution in [1.29, 1.82) is 0 Å². The topological polar surface area (TPSA) is 62.2 Å². The minimum Gasteiger partial charge on any atom is -0.478 e. The normalized spacial score (nSPS) is 11.2. The highest BCUT2D eigenvalue weighted by atomic mass is 35.5. The molecular formula is C11H15ClN2O2. The Hall–Kier alpha value is -1.29. The monoisotopic (exact) mass is 242 g/mol. The number of carboxylic acids is 1. The molecule has 0 saturated carbocycles. The predicted octanol–water partition coefficient (Wildman–Crippen LogP) is 3.03. The third kappa shape index (κ3) is 3.10. The zero-order chi connectivity index (χ0) is 12.3. The lowest BCUT2D eigenvalue weighted by Crippen LogP contribution is -2.30. The van der Waals surface area contributed by atoms with E-state index in [1.54, 1.807) is 0 Å². The van der Waals surface area contributed by atoms with Gasteiger partial charge in [0.15, 0.2) is 0 Å². The van der Waals surface area contributed by atoms with E-state index in [1.165, 1.54) is 12.3 Å². The van der Waals surface area contributed by atoms with Crippen LogP contribution >= 0.6 is 11.6 Å². The van der Waals surface area contributed by atoms with Crippen LogP contribution in [0.25, 0.3) is 0 Å². The molecule has 1 rings (SSSR count). The summed E-state index contributed by atoms with van der Waals surface area (Å²) in [6, 6.07) is 1.39. The second-order valence-corrected chi connectivity index (χ2v) is 4.63. The van der Waals surface area contributed by atoms with Crippen LogP contribution in [-0.2, 0) is 0 Å². The number of carbonyl (C=O) groups is 1. The first-order chi connectivity index (χ1) is 7.35. The Labute approximate surface area is 99.6 Å². The number of halogens is 1. The van der Waals surface area contributed by atoms with Crippen molar-refractivity contribution in [1.82, 2.24) is 4.98 Å². The summed E-state index contributed by atoms with van der Waals surface area (Å²) in [4.78, 5) is 14.7. The van der Waals surface area contributed by atoms with E-state index in [2.05, 4.69) is 10.3 Å². The van der Waals surface area contributed by atoms with Crippen molar-refractivity contribution in [3.8, 4) is 0 Å². The van der Waals surface area contributed by atoms with Crippen LogP contribution in [0.5, 0.6) is 0 Å². The van der Waals surface area contributed by atoms with Crippen molar-refractivity contribution in [2.24, 2.45) is 0 Å². The average Bonchev–Trinajstić information content (AvgIpc) is 2.20. The molecule has 0 aliphatic rings. The first-order valence-electron chi connectivity index (χ1n) is 5.03. The highest BCUT2D eigenvalue weighted by Crippen LogP contribution is 2.24. The van der Waals surface area contributed by atoms with E-state index in [0.717, 1.165) is 6.42 Å². The first kappa shape index (κ1) is 12.8. The van der Waals surface area contributed by atoms with Gasteiger partial charge in [-0.15, -0.1) is 0 Å². The number of hydrogen-bond acceptors (Lipinski definition) is 3. The highest BCUT2D eigenvalue weighted by Gasteiger charge is 2.17. The summed E-state index contributed by atoms with van der Waals surface area (Å²) in [5.41, 5.74) is -0.0358. The fourth-order valence-corrected chi connectivity index (χ4v) is 1.27. The molecule has 0 atom stereocenters. The lowest BCUT2D eigenvalue weighted by Gasteiger charge is -2.25. The van der Waals surface area contributed by atoms with Crippen molar-refractivity contribution in [3.63, 3.8) is 0 Å². The van der Waals surface area contributed by atoms with Crippen LogP contribution in [0.4, 0.5) is 5.82 Å². The Kier molecular flexibility index (Phi) is 3.75. The smallest absolute Gasteiger partial charge is 0.337 e. The van der Waals surface area contributed by atoms with Gasteiger partial charge < -0.3 is 10.4 Å². The molecule has 0 spiro atoms. The second kappa shape index (κ2) is 4.70. The Morgan fingerprint density at radius 3 is 2.69 bits per heavy atom. The molecule has 0 aliphatic heterocycles. The van der Waals surface area contributed by atoms with Crippen LogP contribution < -0.4 is 5.32 Å². The van der Waals surface area contributed by atoms with Crippen LogP contribution in [0.1, 0.15) is 37.6 Å². The summed E-state index contributed by atoms with van der Waals surface area (Å²) in [7, 11) is 0. The Balaban J connectivity index is 2.96. The van der Waals surface area contributed by atoms with Crippen molar-refractivity contribution in [3.05, 3.63) is 22.8 Å². The van der Waals surface area contributed by atoms with Gasteiger partial charge in [0.25, 0.3) is 0 Å². The van der Waals surface area contributed by atoms with E-state index in [4.69, 9.17) is 16.7 Å². The molecular weight excluding hydrogens is 228 g/mol. The number of rotatable bonds is 4. The fourth-order valence-electron chi connectivity index (χ4n) is 1.06. The van der Waals surface area contributed by atoms with Gasteiger partial charge in [0.05, 0.1) is 10.6 Å². The number of pyridine rings is 1. The molecule has 5 heteroatoms. The van der Waals surface area contributed by atoms with E-state index in [0.29, 0.717) is 10.8 Å². The molecule has 1 aromatic heterocycles. The summed E-state index contributed by atoms with van der Waals surface area (Å²) >= 11 is 5.95. The van der Waals surface area contributed by atoms with Gasteiger partial charge in [-0.1, -0.05) is 18.5 Å². The minimum atomic E-state index is -1.03. The summed E-state index contributed by atoms with van der Waals surface area (Å²) < 4.78 is 0. The SMILES string of the molecule is CCC(C)(C)Nc1ncc(C(=O)O)cc1Cl. The summed E-state index contributed by atoms with van der Waals surface area (Å²) in [5.74, 6) is -0.519.